The molecule has 0 unspecified atom stereocenters. The number of anilines is 1. The zero-order valence-electron chi connectivity index (χ0n) is 9.28. The van der Waals surface area contributed by atoms with Gasteiger partial charge in [-0.3, -0.25) is 0 Å². The van der Waals surface area contributed by atoms with Crippen LogP contribution in [0.5, 0.6) is 5.75 Å². The minimum atomic E-state index is -4.42. The van der Waals surface area contributed by atoms with Crippen molar-refractivity contribution in [1.29, 1.82) is 0 Å². The zero-order valence-corrected chi connectivity index (χ0v) is 9.28. The molecule has 0 aliphatic carbocycles. The lowest BCUT2D eigenvalue weighted by molar-refractivity contribution is -0.137. The molecule has 0 radical (unpaired) electrons. The number of rotatable bonds is 2. The first-order chi connectivity index (χ1) is 8.41. The van der Waals surface area contributed by atoms with Crippen LogP contribution in [0.15, 0.2) is 28.8 Å². The van der Waals surface area contributed by atoms with E-state index in [2.05, 4.69) is 5.16 Å². The molecular formula is C11H9F3N2O2. The quantitative estimate of drug-likeness (QED) is 0.899. The van der Waals surface area contributed by atoms with Gasteiger partial charge in [0.25, 0.3) is 0 Å². The molecule has 0 fully saturated rings. The van der Waals surface area contributed by atoms with E-state index < -0.39 is 11.7 Å². The first-order valence-electron chi connectivity index (χ1n) is 4.89. The van der Waals surface area contributed by atoms with Crippen molar-refractivity contribution in [2.75, 3.05) is 12.8 Å². The summed E-state index contributed by atoms with van der Waals surface area (Å²) in [5, 5.41) is 3.46. The molecule has 1 aromatic heterocycles. The number of nitrogens with zero attached hydrogens (tertiary/aromatic N) is 1. The second kappa shape index (κ2) is 4.25. The Balaban J connectivity index is 2.50. The molecule has 0 saturated heterocycles. The number of aromatic nitrogens is 1. The molecular weight excluding hydrogens is 249 g/mol. The first kappa shape index (κ1) is 12.3. The van der Waals surface area contributed by atoms with E-state index in [0.29, 0.717) is 5.56 Å². The van der Waals surface area contributed by atoms with Crippen LogP contribution in [0.2, 0.25) is 0 Å². The summed E-state index contributed by atoms with van der Waals surface area (Å²) in [4.78, 5) is 0. The van der Waals surface area contributed by atoms with Crippen molar-refractivity contribution in [1.82, 2.24) is 5.16 Å². The van der Waals surface area contributed by atoms with Crippen molar-refractivity contribution in [3.63, 3.8) is 0 Å². The van der Waals surface area contributed by atoms with Crippen LogP contribution in [0, 0.1) is 0 Å². The van der Waals surface area contributed by atoms with Crippen molar-refractivity contribution in [2.24, 2.45) is 0 Å². The van der Waals surface area contributed by atoms with E-state index >= 15 is 0 Å². The van der Waals surface area contributed by atoms with Gasteiger partial charge in [0.2, 0.25) is 0 Å². The highest BCUT2D eigenvalue weighted by atomic mass is 19.4. The van der Waals surface area contributed by atoms with Crippen molar-refractivity contribution < 1.29 is 22.4 Å². The average Bonchev–Trinajstić information content (AvgIpc) is 2.73. The van der Waals surface area contributed by atoms with Gasteiger partial charge in [0, 0.05) is 6.07 Å². The second-order valence-electron chi connectivity index (χ2n) is 3.53. The van der Waals surface area contributed by atoms with Gasteiger partial charge in [-0.05, 0) is 18.2 Å². The summed E-state index contributed by atoms with van der Waals surface area (Å²) in [5.74, 6) is 0.436. The fourth-order valence-corrected chi connectivity index (χ4v) is 1.49. The van der Waals surface area contributed by atoms with Crippen molar-refractivity contribution in [2.45, 2.75) is 6.18 Å². The Labute approximate surface area is 100 Å². The molecule has 0 bridgehead atoms. The largest absolute Gasteiger partial charge is 0.496 e. The summed E-state index contributed by atoms with van der Waals surface area (Å²) in [5.41, 5.74) is 4.94. The van der Waals surface area contributed by atoms with E-state index in [1.165, 1.54) is 19.2 Å². The van der Waals surface area contributed by atoms with E-state index in [9.17, 15) is 13.2 Å². The van der Waals surface area contributed by atoms with E-state index in [0.717, 1.165) is 12.1 Å². The third-order valence-corrected chi connectivity index (χ3v) is 2.32. The van der Waals surface area contributed by atoms with Gasteiger partial charge < -0.3 is 15.0 Å². The highest BCUT2D eigenvalue weighted by Crippen LogP contribution is 2.37. The van der Waals surface area contributed by atoms with E-state index in [1.54, 1.807) is 0 Å². The van der Waals surface area contributed by atoms with Gasteiger partial charge in [-0.1, -0.05) is 5.16 Å². The third kappa shape index (κ3) is 2.24. The molecule has 18 heavy (non-hydrogen) atoms. The van der Waals surface area contributed by atoms with Gasteiger partial charge in [-0.15, -0.1) is 0 Å². The van der Waals surface area contributed by atoms with Crippen LogP contribution in [-0.4, -0.2) is 12.3 Å². The maximum Gasteiger partial charge on any atom is 0.416 e. The van der Waals surface area contributed by atoms with Crippen molar-refractivity contribution >= 4 is 5.82 Å². The predicted molar refractivity (Wildman–Crippen MR) is 57.9 cm³/mol. The van der Waals surface area contributed by atoms with E-state index in [1.807, 2.05) is 0 Å². The molecule has 0 aliphatic heterocycles. The van der Waals surface area contributed by atoms with Gasteiger partial charge in [0.05, 0.1) is 18.2 Å². The number of hydrogen-bond acceptors (Lipinski definition) is 4. The smallest absolute Gasteiger partial charge is 0.416 e. The fourth-order valence-electron chi connectivity index (χ4n) is 1.49. The van der Waals surface area contributed by atoms with Crippen LogP contribution in [0.3, 0.4) is 0 Å². The second-order valence-corrected chi connectivity index (χ2v) is 3.53. The first-order valence-corrected chi connectivity index (χ1v) is 4.89. The van der Waals surface area contributed by atoms with Crippen LogP contribution >= 0.6 is 0 Å². The lowest BCUT2D eigenvalue weighted by Gasteiger charge is -2.10. The topological polar surface area (TPSA) is 61.3 Å². The number of alkyl halides is 3. The molecule has 0 aliphatic rings. The molecule has 4 nitrogen and oxygen atoms in total. The van der Waals surface area contributed by atoms with Crippen LogP contribution in [0.4, 0.5) is 19.0 Å². The molecule has 0 saturated carbocycles. The summed E-state index contributed by atoms with van der Waals surface area (Å²) in [6.07, 6.45) is -4.42. The van der Waals surface area contributed by atoms with Crippen LogP contribution in [0.25, 0.3) is 11.3 Å². The highest BCUT2D eigenvalue weighted by molar-refractivity contribution is 5.68. The minimum absolute atomic E-state index is 0.0426. The summed E-state index contributed by atoms with van der Waals surface area (Å²) < 4.78 is 47.4. The Morgan fingerprint density at radius 3 is 2.50 bits per heavy atom. The lowest BCUT2D eigenvalue weighted by Crippen LogP contribution is -2.05. The predicted octanol–water partition coefficient (Wildman–Crippen LogP) is 2.95. The Morgan fingerprint density at radius 2 is 2.00 bits per heavy atom. The van der Waals surface area contributed by atoms with Gasteiger partial charge in [-0.25, -0.2) is 0 Å². The van der Waals surface area contributed by atoms with Crippen molar-refractivity contribution in [3.05, 3.63) is 29.8 Å². The number of nitrogens with two attached hydrogens (primary N) is 1. The van der Waals surface area contributed by atoms with Crippen molar-refractivity contribution in [3.8, 4) is 17.1 Å². The number of benzene rings is 1. The highest BCUT2D eigenvalue weighted by Gasteiger charge is 2.31. The average molecular weight is 258 g/mol. The summed E-state index contributed by atoms with van der Waals surface area (Å²) >= 11 is 0. The SMILES string of the molecule is COc1cc(C(F)(F)F)ccc1-c1cc(N)no1. The number of hydrogen-bond donors (Lipinski definition) is 1. The molecule has 2 rings (SSSR count). The summed E-state index contributed by atoms with van der Waals surface area (Å²) in [6, 6.07) is 4.50. The van der Waals surface area contributed by atoms with Gasteiger partial charge in [-0.2, -0.15) is 13.2 Å². The van der Waals surface area contributed by atoms with E-state index in [4.69, 9.17) is 15.0 Å². The minimum Gasteiger partial charge on any atom is -0.496 e. The maximum atomic E-state index is 12.5. The third-order valence-electron chi connectivity index (χ3n) is 2.32. The van der Waals surface area contributed by atoms with Gasteiger partial charge >= 0.3 is 6.18 Å². The van der Waals surface area contributed by atoms with Crippen LogP contribution in [-0.2, 0) is 6.18 Å². The maximum absolute atomic E-state index is 12.5. The van der Waals surface area contributed by atoms with Crippen LogP contribution < -0.4 is 10.5 Å². The number of methoxy groups -OCH3 is 1. The lowest BCUT2D eigenvalue weighted by atomic mass is 10.1. The molecule has 1 heterocycles. The number of nitrogen functional groups attached to an aromatic ring is 1. The molecule has 0 spiro atoms. The normalized spacial score (nSPS) is 11.6. The molecule has 7 heteroatoms. The molecule has 0 atom stereocenters. The summed E-state index contributed by atoms with van der Waals surface area (Å²) in [6.45, 7) is 0. The molecule has 2 aromatic rings. The molecule has 1 aromatic carbocycles. The Hall–Kier alpha value is -2.18. The number of ether oxygens (including phenoxy) is 1. The van der Waals surface area contributed by atoms with E-state index in [-0.39, 0.29) is 17.3 Å². The van der Waals surface area contributed by atoms with Crippen LogP contribution in [0.1, 0.15) is 5.56 Å². The monoisotopic (exact) mass is 258 g/mol. The molecule has 96 valence electrons. The standard InChI is InChI=1S/C11H9F3N2O2/c1-17-8-4-6(11(12,13)14)2-3-7(8)9-5-10(15)16-18-9/h2-5H,1H3,(H2,15,16). The molecule has 0 amide bonds. The Kier molecular flexibility index (Phi) is 2.90. The molecule has 2 N–H and O–H groups in total. The summed E-state index contributed by atoms with van der Waals surface area (Å²) in [7, 11) is 1.28. The Bertz CT molecular complexity index is 564. The fraction of sp³-hybridized carbons (Fsp3) is 0.182. The van der Waals surface area contributed by atoms with Gasteiger partial charge in [0.1, 0.15) is 5.75 Å². The number of halogens is 3. The Morgan fingerprint density at radius 1 is 1.28 bits per heavy atom. The van der Waals surface area contributed by atoms with Gasteiger partial charge in [0.15, 0.2) is 11.6 Å². The zero-order chi connectivity index (χ0) is 13.3.